The van der Waals surface area contributed by atoms with E-state index in [0.29, 0.717) is 23.8 Å². The predicted octanol–water partition coefficient (Wildman–Crippen LogP) is 1.64. The Bertz CT molecular complexity index is 608. The fourth-order valence-electron chi connectivity index (χ4n) is 1.88. The van der Waals surface area contributed by atoms with Crippen molar-refractivity contribution in [3.05, 3.63) is 35.9 Å². The maximum atomic E-state index is 12.6. The van der Waals surface area contributed by atoms with Crippen LogP contribution in [0.3, 0.4) is 0 Å². The van der Waals surface area contributed by atoms with Crippen LogP contribution in [0.2, 0.25) is 0 Å². The second-order valence-electron chi connectivity index (χ2n) is 5.09. The average Bonchev–Trinajstić information content (AvgIpc) is 2.98. The van der Waals surface area contributed by atoms with Crippen molar-refractivity contribution in [2.75, 3.05) is 19.4 Å². The number of hydrogen-bond donors (Lipinski definition) is 2. The molecule has 2 N–H and O–H groups in total. The predicted molar refractivity (Wildman–Crippen MR) is 80.1 cm³/mol. The van der Waals surface area contributed by atoms with Crippen LogP contribution in [-0.4, -0.2) is 44.8 Å². The fourth-order valence-corrected chi connectivity index (χ4v) is 1.88. The van der Waals surface area contributed by atoms with Gasteiger partial charge in [-0.3, -0.25) is 4.79 Å². The van der Waals surface area contributed by atoms with Crippen molar-refractivity contribution in [2.24, 2.45) is 0 Å². The number of aromatic amines is 1. The minimum atomic E-state index is -0.167. The first-order valence-electron chi connectivity index (χ1n) is 6.81. The van der Waals surface area contributed by atoms with Gasteiger partial charge < -0.3 is 15.2 Å². The van der Waals surface area contributed by atoms with Gasteiger partial charge in [0, 0.05) is 32.4 Å². The molecule has 0 spiro atoms. The molecule has 0 radical (unpaired) electrons. The third-order valence-electron chi connectivity index (χ3n) is 3.08. The SMILES string of the molecule is CNc1cnc(C(C)C)nc1C(=O)N(C)Cc1ncc[nH]1. The quantitative estimate of drug-likeness (QED) is 0.873. The van der Waals surface area contributed by atoms with Gasteiger partial charge in [-0.25, -0.2) is 15.0 Å². The maximum Gasteiger partial charge on any atom is 0.274 e. The highest BCUT2D eigenvalue weighted by molar-refractivity contribution is 5.97. The molecule has 1 amide bonds. The standard InChI is InChI=1S/C14H20N6O/c1-9(2)13-18-7-10(15-3)12(19-13)14(21)20(4)8-11-16-5-6-17-11/h5-7,9,15H,8H2,1-4H3,(H,16,17). The molecule has 0 aromatic carbocycles. The number of carbonyl (C=O) groups is 1. The molecule has 0 unspecified atom stereocenters. The van der Waals surface area contributed by atoms with E-state index >= 15 is 0 Å². The lowest BCUT2D eigenvalue weighted by Gasteiger charge is -2.18. The highest BCUT2D eigenvalue weighted by atomic mass is 16.2. The van der Waals surface area contributed by atoms with Gasteiger partial charge in [-0.2, -0.15) is 0 Å². The molecule has 112 valence electrons. The van der Waals surface area contributed by atoms with E-state index in [4.69, 9.17) is 0 Å². The summed E-state index contributed by atoms with van der Waals surface area (Å²) >= 11 is 0. The van der Waals surface area contributed by atoms with E-state index in [1.165, 1.54) is 0 Å². The van der Waals surface area contributed by atoms with E-state index in [1.54, 1.807) is 37.6 Å². The molecule has 2 aromatic heterocycles. The average molecular weight is 288 g/mol. The van der Waals surface area contributed by atoms with Crippen molar-refractivity contribution in [1.82, 2.24) is 24.8 Å². The minimum absolute atomic E-state index is 0.165. The summed E-state index contributed by atoms with van der Waals surface area (Å²) in [6.45, 7) is 4.39. The van der Waals surface area contributed by atoms with Crippen LogP contribution in [0.15, 0.2) is 18.6 Å². The number of amides is 1. The van der Waals surface area contributed by atoms with E-state index in [0.717, 1.165) is 5.82 Å². The highest BCUT2D eigenvalue weighted by Crippen LogP contribution is 2.17. The number of hydrogen-bond acceptors (Lipinski definition) is 5. The molecule has 0 aliphatic carbocycles. The van der Waals surface area contributed by atoms with E-state index in [2.05, 4.69) is 25.3 Å². The smallest absolute Gasteiger partial charge is 0.274 e. The Labute approximate surface area is 123 Å². The van der Waals surface area contributed by atoms with Crippen LogP contribution in [-0.2, 0) is 6.54 Å². The van der Waals surface area contributed by atoms with Crippen molar-refractivity contribution in [3.63, 3.8) is 0 Å². The van der Waals surface area contributed by atoms with Gasteiger partial charge in [0.05, 0.1) is 18.4 Å². The fraction of sp³-hybridized carbons (Fsp3) is 0.429. The minimum Gasteiger partial charge on any atom is -0.385 e. The van der Waals surface area contributed by atoms with Crippen LogP contribution < -0.4 is 5.32 Å². The van der Waals surface area contributed by atoms with Crippen LogP contribution in [0.25, 0.3) is 0 Å². The summed E-state index contributed by atoms with van der Waals surface area (Å²) in [5.41, 5.74) is 1.00. The van der Waals surface area contributed by atoms with Crippen LogP contribution in [0.1, 0.15) is 41.9 Å². The third-order valence-corrected chi connectivity index (χ3v) is 3.08. The number of anilines is 1. The molecular formula is C14H20N6O. The van der Waals surface area contributed by atoms with Gasteiger partial charge in [0.25, 0.3) is 5.91 Å². The van der Waals surface area contributed by atoms with Crippen LogP contribution in [0, 0.1) is 0 Å². The van der Waals surface area contributed by atoms with E-state index in [-0.39, 0.29) is 11.8 Å². The van der Waals surface area contributed by atoms with Gasteiger partial charge in [0.2, 0.25) is 0 Å². The second-order valence-corrected chi connectivity index (χ2v) is 5.09. The van der Waals surface area contributed by atoms with Gasteiger partial charge in [-0.15, -0.1) is 0 Å². The Morgan fingerprint density at radius 3 is 2.76 bits per heavy atom. The largest absolute Gasteiger partial charge is 0.385 e. The zero-order valence-electron chi connectivity index (χ0n) is 12.7. The maximum absolute atomic E-state index is 12.6. The van der Waals surface area contributed by atoms with Crippen LogP contribution in [0.4, 0.5) is 5.69 Å². The van der Waals surface area contributed by atoms with E-state index in [9.17, 15) is 4.79 Å². The van der Waals surface area contributed by atoms with E-state index in [1.807, 2.05) is 13.8 Å². The first kappa shape index (κ1) is 15.0. The van der Waals surface area contributed by atoms with Crippen molar-refractivity contribution in [1.29, 1.82) is 0 Å². The third kappa shape index (κ3) is 3.36. The van der Waals surface area contributed by atoms with Gasteiger partial charge >= 0.3 is 0 Å². The molecule has 2 aromatic rings. The van der Waals surface area contributed by atoms with Crippen LogP contribution >= 0.6 is 0 Å². The first-order valence-corrected chi connectivity index (χ1v) is 6.81. The van der Waals surface area contributed by atoms with Crippen molar-refractivity contribution < 1.29 is 4.79 Å². The number of carbonyl (C=O) groups excluding carboxylic acids is 1. The molecule has 0 aliphatic heterocycles. The van der Waals surface area contributed by atoms with Gasteiger partial charge in [0.1, 0.15) is 11.6 Å². The Balaban J connectivity index is 2.26. The summed E-state index contributed by atoms with van der Waals surface area (Å²) in [5, 5.41) is 2.96. The summed E-state index contributed by atoms with van der Waals surface area (Å²) in [5.74, 6) is 1.39. The highest BCUT2D eigenvalue weighted by Gasteiger charge is 2.20. The van der Waals surface area contributed by atoms with Gasteiger partial charge in [-0.05, 0) is 0 Å². The number of aromatic nitrogens is 4. The molecule has 0 saturated heterocycles. The molecule has 0 aliphatic rings. The number of imidazole rings is 1. The summed E-state index contributed by atoms with van der Waals surface area (Å²) in [7, 11) is 3.47. The summed E-state index contributed by atoms with van der Waals surface area (Å²) < 4.78 is 0. The van der Waals surface area contributed by atoms with E-state index < -0.39 is 0 Å². The molecular weight excluding hydrogens is 268 g/mol. The molecule has 7 nitrogen and oxygen atoms in total. The topological polar surface area (TPSA) is 86.8 Å². The molecule has 0 fully saturated rings. The molecule has 0 saturated carbocycles. The number of nitrogens with one attached hydrogen (secondary N) is 2. The second kappa shape index (κ2) is 6.34. The van der Waals surface area contributed by atoms with Gasteiger partial charge in [0.15, 0.2) is 5.69 Å². The molecule has 2 rings (SSSR count). The Morgan fingerprint density at radius 2 is 2.19 bits per heavy atom. The first-order chi connectivity index (χ1) is 10.0. The van der Waals surface area contributed by atoms with Crippen LogP contribution in [0.5, 0.6) is 0 Å². The monoisotopic (exact) mass is 288 g/mol. The Kier molecular flexibility index (Phi) is 4.52. The van der Waals surface area contributed by atoms with Gasteiger partial charge in [-0.1, -0.05) is 13.8 Å². The lowest BCUT2D eigenvalue weighted by molar-refractivity contribution is 0.0776. The summed E-state index contributed by atoms with van der Waals surface area (Å²) in [6.07, 6.45) is 5.04. The molecule has 7 heteroatoms. The normalized spacial score (nSPS) is 10.7. The molecule has 0 atom stereocenters. The summed E-state index contributed by atoms with van der Waals surface area (Å²) in [6, 6.07) is 0. The lowest BCUT2D eigenvalue weighted by atomic mass is 10.2. The number of nitrogens with zero attached hydrogens (tertiary/aromatic N) is 4. The van der Waals surface area contributed by atoms with Crippen molar-refractivity contribution in [2.45, 2.75) is 26.3 Å². The number of H-pyrrole nitrogens is 1. The summed E-state index contributed by atoms with van der Waals surface area (Å²) in [4.78, 5) is 29.9. The zero-order valence-corrected chi connectivity index (χ0v) is 12.7. The molecule has 21 heavy (non-hydrogen) atoms. The van der Waals surface area contributed by atoms with Crippen molar-refractivity contribution >= 4 is 11.6 Å². The molecule has 0 bridgehead atoms. The Hall–Kier alpha value is -2.44. The Morgan fingerprint density at radius 1 is 1.43 bits per heavy atom. The lowest BCUT2D eigenvalue weighted by Crippen LogP contribution is -2.28. The molecule has 2 heterocycles. The zero-order chi connectivity index (χ0) is 15.4. The number of rotatable bonds is 5. The van der Waals surface area contributed by atoms with Crippen molar-refractivity contribution in [3.8, 4) is 0 Å².